The second-order valence-corrected chi connectivity index (χ2v) is 5.22. The molecule has 0 spiro atoms. The molecule has 1 atom stereocenters. The van der Waals surface area contributed by atoms with Gasteiger partial charge in [-0.2, -0.15) is 0 Å². The summed E-state index contributed by atoms with van der Waals surface area (Å²) >= 11 is 0. The average molecular weight is 247 g/mol. The van der Waals surface area contributed by atoms with Gasteiger partial charge < -0.3 is 15.4 Å². The lowest BCUT2D eigenvalue weighted by Crippen LogP contribution is -2.14. The summed E-state index contributed by atoms with van der Waals surface area (Å²) in [7, 11) is 2.03. The molecule has 0 aliphatic rings. The minimum Gasteiger partial charge on any atom is -0.394 e. The normalized spacial score (nSPS) is 13.4. The topological polar surface area (TPSA) is 64.1 Å². The van der Waals surface area contributed by atoms with Crippen molar-refractivity contribution in [3.05, 3.63) is 29.6 Å². The molecule has 1 heterocycles. The first-order chi connectivity index (χ1) is 8.52. The van der Waals surface area contributed by atoms with E-state index >= 15 is 0 Å². The summed E-state index contributed by atoms with van der Waals surface area (Å²) in [4.78, 5) is 4.64. The van der Waals surface area contributed by atoms with Gasteiger partial charge in [0.1, 0.15) is 5.82 Å². The highest BCUT2D eigenvalue weighted by molar-refractivity contribution is 5.77. The van der Waals surface area contributed by atoms with Crippen molar-refractivity contribution in [3.8, 4) is 0 Å². The Balaban J connectivity index is 2.46. The Morgan fingerprint density at radius 1 is 1.39 bits per heavy atom. The third-order valence-electron chi connectivity index (χ3n) is 3.21. The molecule has 0 aliphatic carbocycles. The van der Waals surface area contributed by atoms with E-state index in [1.807, 2.05) is 25.2 Å². The minimum absolute atomic E-state index is 0.0395. The van der Waals surface area contributed by atoms with Crippen LogP contribution in [0.3, 0.4) is 0 Å². The number of aromatic nitrogens is 2. The van der Waals surface area contributed by atoms with E-state index in [4.69, 9.17) is 10.8 Å². The number of nitrogens with zero attached hydrogens (tertiary/aromatic N) is 2. The third-order valence-corrected chi connectivity index (χ3v) is 3.21. The Morgan fingerprint density at radius 3 is 2.72 bits per heavy atom. The smallest absolute Gasteiger partial charge is 0.109 e. The molecule has 4 heteroatoms. The number of hydrogen-bond donors (Lipinski definition) is 2. The lowest BCUT2D eigenvalue weighted by molar-refractivity contribution is 0.268. The number of nitrogens with two attached hydrogens (primary N) is 1. The van der Waals surface area contributed by atoms with Crippen LogP contribution in [0.5, 0.6) is 0 Å². The summed E-state index contributed by atoms with van der Waals surface area (Å²) in [6, 6.07) is 5.62. The number of aliphatic hydroxyl groups excluding tert-OH is 1. The summed E-state index contributed by atoms with van der Waals surface area (Å²) < 4.78 is 2.11. The second kappa shape index (κ2) is 5.08. The van der Waals surface area contributed by atoms with Crippen LogP contribution in [0.1, 0.15) is 31.3 Å². The van der Waals surface area contributed by atoms with Crippen LogP contribution in [0.25, 0.3) is 11.0 Å². The van der Waals surface area contributed by atoms with Crippen molar-refractivity contribution in [1.29, 1.82) is 0 Å². The van der Waals surface area contributed by atoms with Crippen LogP contribution < -0.4 is 5.73 Å². The summed E-state index contributed by atoms with van der Waals surface area (Å²) in [5, 5.41) is 9.11. The number of rotatable bonds is 4. The molecule has 2 rings (SSSR count). The first-order valence-electron chi connectivity index (χ1n) is 6.34. The molecule has 18 heavy (non-hydrogen) atoms. The molecule has 98 valence electrons. The van der Waals surface area contributed by atoms with E-state index in [9.17, 15) is 0 Å². The maximum Gasteiger partial charge on any atom is 0.109 e. The van der Waals surface area contributed by atoms with E-state index in [0.29, 0.717) is 5.92 Å². The van der Waals surface area contributed by atoms with Crippen molar-refractivity contribution in [2.24, 2.45) is 18.7 Å². The van der Waals surface area contributed by atoms with Crippen LogP contribution in [0.15, 0.2) is 18.2 Å². The van der Waals surface area contributed by atoms with Crippen LogP contribution in [0.4, 0.5) is 0 Å². The van der Waals surface area contributed by atoms with Crippen molar-refractivity contribution >= 4 is 11.0 Å². The fraction of sp³-hybridized carbons (Fsp3) is 0.500. The van der Waals surface area contributed by atoms with Crippen molar-refractivity contribution in [2.45, 2.75) is 26.3 Å². The van der Waals surface area contributed by atoms with Crippen molar-refractivity contribution < 1.29 is 5.11 Å². The summed E-state index contributed by atoms with van der Waals surface area (Å²) in [5.41, 5.74) is 8.86. The first kappa shape index (κ1) is 13.1. The lowest BCUT2D eigenvalue weighted by atomic mass is 10.1. The number of aryl methyl sites for hydroxylation is 1. The van der Waals surface area contributed by atoms with Crippen molar-refractivity contribution in [2.75, 3.05) is 6.61 Å². The Labute approximate surface area is 107 Å². The lowest BCUT2D eigenvalue weighted by Gasteiger charge is -2.09. The molecule has 0 aliphatic heterocycles. The van der Waals surface area contributed by atoms with Gasteiger partial charge in [0.2, 0.25) is 0 Å². The second-order valence-electron chi connectivity index (χ2n) is 5.22. The molecule has 0 saturated heterocycles. The van der Waals surface area contributed by atoms with E-state index in [1.165, 1.54) is 0 Å². The molecular weight excluding hydrogens is 226 g/mol. The fourth-order valence-electron chi connectivity index (χ4n) is 2.14. The monoisotopic (exact) mass is 247 g/mol. The van der Waals surface area contributed by atoms with Gasteiger partial charge in [-0.1, -0.05) is 19.9 Å². The molecule has 1 unspecified atom stereocenters. The highest BCUT2D eigenvalue weighted by atomic mass is 16.3. The molecule has 3 N–H and O–H groups in total. The number of fused-ring (bicyclic) bond motifs is 1. The highest BCUT2D eigenvalue weighted by Crippen LogP contribution is 2.21. The van der Waals surface area contributed by atoms with Crippen molar-refractivity contribution in [3.63, 3.8) is 0 Å². The quantitative estimate of drug-likeness (QED) is 0.865. The van der Waals surface area contributed by atoms with Gasteiger partial charge in [0.05, 0.1) is 23.7 Å². The van der Waals surface area contributed by atoms with E-state index in [0.717, 1.165) is 28.8 Å². The number of hydrogen-bond acceptors (Lipinski definition) is 3. The summed E-state index contributed by atoms with van der Waals surface area (Å²) in [5.74, 6) is 1.68. The van der Waals surface area contributed by atoms with E-state index in [-0.39, 0.29) is 12.6 Å². The summed E-state index contributed by atoms with van der Waals surface area (Å²) in [6.07, 6.45) is 0.965. The Morgan fingerprint density at radius 2 is 2.11 bits per heavy atom. The van der Waals surface area contributed by atoms with Crippen molar-refractivity contribution in [1.82, 2.24) is 9.55 Å². The van der Waals surface area contributed by atoms with Gasteiger partial charge in [-0.05, 0) is 23.6 Å². The van der Waals surface area contributed by atoms with Crippen LogP contribution >= 0.6 is 0 Å². The zero-order valence-electron chi connectivity index (χ0n) is 11.2. The molecule has 0 radical (unpaired) electrons. The Hall–Kier alpha value is -1.39. The molecule has 0 fully saturated rings. The predicted molar refractivity (Wildman–Crippen MR) is 73.3 cm³/mol. The van der Waals surface area contributed by atoms with Gasteiger partial charge in [0.25, 0.3) is 0 Å². The standard InChI is InChI=1S/C14H21N3O/c1-9(2)6-14-16-12-5-4-10(11(15)8-18)7-13(12)17(14)3/h4-5,7,9,11,18H,6,8,15H2,1-3H3. The van der Waals surface area contributed by atoms with Gasteiger partial charge in [-0.15, -0.1) is 0 Å². The van der Waals surface area contributed by atoms with Crippen LogP contribution in [0.2, 0.25) is 0 Å². The maximum absolute atomic E-state index is 9.11. The molecule has 1 aromatic carbocycles. The summed E-state index contributed by atoms with van der Waals surface area (Å²) in [6.45, 7) is 4.33. The number of benzene rings is 1. The molecule has 0 saturated carbocycles. The van der Waals surface area contributed by atoms with Crippen LogP contribution in [-0.4, -0.2) is 21.3 Å². The van der Waals surface area contributed by atoms with Gasteiger partial charge in [0, 0.05) is 13.5 Å². The zero-order valence-corrected chi connectivity index (χ0v) is 11.2. The fourth-order valence-corrected chi connectivity index (χ4v) is 2.14. The van der Waals surface area contributed by atoms with E-state index in [1.54, 1.807) is 0 Å². The molecule has 0 amide bonds. The first-order valence-corrected chi connectivity index (χ1v) is 6.34. The van der Waals surface area contributed by atoms with E-state index in [2.05, 4.69) is 23.4 Å². The molecule has 2 aromatic rings. The van der Waals surface area contributed by atoms with Crippen LogP contribution in [0, 0.1) is 5.92 Å². The van der Waals surface area contributed by atoms with Gasteiger partial charge in [0.15, 0.2) is 0 Å². The average Bonchev–Trinajstić information content (AvgIpc) is 2.64. The van der Waals surface area contributed by atoms with E-state index < -0.39 is 0 Å². The SMILES string of the molecule is CC(C)Cc1nc2ccc(C(N)CO)cc2n1C. The largest absolute Gasteiger partial charge is 0.394 e. The molecule has 0 bridgehead atoms. The predicted octanol–water partition coefficient (Wildman–Crippen LogP) is 1.76. The third kappa shape index (κ3) is 2.40. The highest BCUT2D eigenvalue weighted by Gasteiger charge is 2.11. The minimum atomic E-state index is -0.321. The molecule has 4 nitrogen and oxygen atoms in total. The number of imidazole rings is 1. The Bertz CT molecular complexity index is 545. The van der Waals surface area contributed by atoms with Gasteiger partial charge in [-0.25, -0.2) is 4.98 Å². The van der Waals surface area contributed by atoms with Gasteiger partial charge in [-0.3, -0.25) is 0 Å². The molecule has 1 aromatic heterocycles. The zero-order chi connectivity index (χ0) is 13.3. The Kier molecular flexibility index (Phi) is 3.68. The van der Waals surface area contributed by atoms with Crippen LogP contribution in [-0.2, 0) is 13.5 Å². The maximum atomic E-state index is 9.11. The number of aliphatic hydroxyl groups is 1. The molecular formula is C14H21N3O. The van der Waals surface area contributed by atoms with Gasteiger partial charge >= 0.3 is 0 Å².